The highest BCUT2D eigenvalue weighted by Gasteiger charge is 2.35. The number of methoxy groups -OCH3 is 2. The second-order valence-electron chi connectivity index (χ2n) is 6.17. The molecule has 0 atom stereocenters. The largest absolute Gasteiger partial charge is 0.495 e. The number of nitrogens with zero attached hydrogens (tertiary/aromatic N) is 1. The van der Waals surface area contributed by atoms with E-state index < -0.39 is 11.8 Å². The molecule has 1 aliphatic rings. The lowest BCUT2D eigenvalue weighted by atomic mass is 10.1. The molecule has 0 saturated carbocycles. The second kappa shape index (κ2) is 8.41. The van der Waals surface area contributed by atoms with Gasteiger partial charge in [-0.1, -0.05) is 11.6 Å². The number of imide groups is 1. The van der Waals surface area contributed by atoms with Crippen LogP contribution in [0.4, 0.5) is 5.69 Å². The van der Waals surface area contributed by atoms with Gasteiger partial charge in [-0.2, -0.15) is 0 Å². The number of ether oxygens (including phenoxy) is 2. The van der Waals surface area contributed by atoms with Gasteiger partial charge in [0.05, 0.1) is 23.3 Å². The van der Waals surface area contributed by atoms with Crippen molar-refractivity contribution in [1.29, 1.82) is 0 Å². The van der Waals surface area contributed by atoms with Crippen molar-refractivity contribution in [2.75, 3.05) is 32.7 Å². The van der Waals surface area contributed by atoms with Crippen molar-refractivity contribution in [2.45, 2.75) is 6.42 Å². The highest BCUT2D eigenvalue weighted by Crippen LogP contribution is 2.28. The summed E-state index contributed by atoms with van der Waals surface area (Å²) in [6.07, 6.45) is 0.549. The van der Waals surface area contributed by atoms with E-state index in [0.717, 1.165) is 0 Å². The zero-order valence-corrected chi connectivity index (χ0v) is 16.2. The van der Waals surface area contributed by atoms with Crippen LogP contribution in [0, 0.1) is 0 Å². The van der Waals surface area contributed by atoms with E-state index in [-0.39, 0.29) is 23.6 Å². The standard InChI is InChI=1S/C20H19ClN2O5/c1-27-9-3-8-23-19(25)14-6-4-12(10-15(14)20(23)26)18(24)22-13-5-7-17(28-2)16(21)11-13/h4-7,10-11H,3,8-9H2,1-2H3,(H,22,24). The van der Waals surface area contributed by atoms with Crippen molar-refractivity contribution in [3.05, 3.63) is 58.1 Å². The third kappa shape index (κ3) is 3.85. The Morgan fingerprint density at radius 2 is 1.82 bits per heavy atom. The van der Waals surface area contributed by atoms with Crippen LogP contribution in [0.15, 0.2) is 36.4 Å². The van der Waals surface area contributed by atoms with E-state index in [0.29, 0.717) is 35.1 Å². The maximum absolute atomic E-state index is 12.6. The number of amides is 3. The van der Waals surface area contributed by atoms with Crippen molar-refractivity contribution < 1.29 is 23.9 Å². The van der Waals surface area contributed by atoms with Gasteiger partial charge in [0.2, 0.25) is 0 Å². The molecule has 8 heteroatoms. The topological polar surface area (TPSA) is 84.9 Å². The number of nitrogens with one attached hydrogen (secondary N) is 1. The van der Waals surface area contributed by atoms with E-state index in [9.17, 15) is 14.4 Å². The van der Waals surface area contributed by atoms with Gasteiger partial charge >= 0.3 is 0 Å². The molecule has 3 rings (SSSR count). The highest BCUT2D eigenvalue weighted by molar-refractivity contribution is 6.32. The molecule has 1 aliphatic heterocycles. The maximum atomic E-state index is 12.6. The summed E-state index contributed by atoms with van der Waals surface area (Å²) >= 11 is 6.07. The van der Waals surface area contributed by atoms with Crippen LogP contribution in [0.2, 0.25) is 5.02 Å². The Morgan fingerprint density at radius 3 is 2.50 bits per heavy atom. The smallest absolute Gasteiger partial charge is 0.261 e. The summed E-state index contributed by atoms with van der Waals surface area (Å²) in [7, 11) is 3.06. The normalized spacial score (nSPS) is 12.9. The van der Waals surface area contributed by atoms with E-state index >= 15 is 0 Å². The van der Waals surface area contributed by atoms with Crippen molar-refractivity contribution in [1.82, 2.24) is 4.90 Å². The average Bonchev–Trinajstić information content (AvgIpc) is 2.92. The molecule has 0 bridgehead atoms. The molecule has 28 heavy (non-hydrogen) atoms. The first-order valence-electron chi connectivity index (χ1n) is 8.60. The molecule has 146 valence electrons. The minimum Gasteiger partial charge on any atom is -0.495 e. The van der Waals surface area contributed by atoms with Gasteiger partial charge in [0, 0.05) is 31.5 Å². The quantitative estimate of drug-likeness (QED) is 0.567. The van der Waals surface area contributed by atoms with Gasteiger partial charge < -0.3 is 14.8 Å². The molecular formula is C20H19ClN2O5. The first-order valence-corrected chi connectivity index (χ1v) is 8.98. The van der Waals surface area contributed by atoms with Crippen LogP contribution >= 0.6 is 11.6 Å². The van der Waals surface area contributed by atoms with Crippen molar-refractivity contribution in [3.8, 4) is 5.75 Å². The van der Waals surface area contributed by atoms with E-state index in [1.54, 1.807) is 25.3 Å². The van der Waals surface area contributed by atoms with E-state index in [1.165, 1.54) is 30.2 Å². The van der Waals surface area contributed by atoms with Gasteiger partial charge in [0.15, 0.2) is 0 Å². The van der Waals surface area contributed by atoms with E-state index in [4.69, 9.17) is 21.1 Å². The number of carbonyl (C=O) groups is 3. The SMILES string of the molecule is COCCCN1C(=O)c2ccc(C(=O)Nc3ccc(OC)c(Cl)c3)cc2C1=O. The van der Waals surface area contributed by atoms with Gasteiger partial charge in [0.25, 0.3) is 17.7 Å². The highest BCUT2D eigenvalue weighted by atomic mass is 35.5. The van der Waals surface area contributed by atoms with Crippen molar-refractivity contribution >= 4 is 35.0 Å². The summed E-state index contributed by atoms with van der Waals surface area (Å²) in [5.41, 5.74) is 1.28. The molecule has 0 spiro atoms. The molecule has 2 aromatic rings. The molecule has 1 heterocycles. The number of carbonyl (C=O) groups excluding carboxylic acids is 3. The number of hydrogen-bond acceptors (Lipinski definition) is 5. The van der Waals surface area contributed by atoms with Crippen LogP contribution in [0.5, 0.6) is 5.75 Å². The Balaban J connectivity index is 1.77. The summed E-state index contributed by atoms with van der Waals surface area (Å²) in [6, 6.07) is 9.32. The van der Waals surface area contributed by atoms with Gasteiger partial charge in [-0.15, -0.1) is 0 Å². The number of fused-ring (bicyclic) bond motifs is 1. The van der Waals surface area contributed by atoms with Crippen molar-refractivity contribution in [3.63, 3.8) is 0 Å². The van der Waals surface area contributed by atoms with Crippen LogP contribution < -0.4 is 10.1 Å². The van der Waals surface area contributed by atoms with Gasteiger partial charge in [0.1, 0.15) is 5.75 Å². The number of anilines is 1. The third-order valence-corrected chi connectivity index (χ3v) is 4.67. The van der Waals surface area contributed by atoms with Crippen LogP contribution in [-0.4, -0.2) is 50.0 Å². The summed E-state index contributed by atoms with van der Waals surface area (Å²) in [5, 5.41) is 3.08. The molecule has 0 aromatic heterocycles. The van der Waals surface area contributed by atoms with Crippen LogP contribution in [0.3, 0.4) is 0 Å². The molecule has 7 nitrogen and oxygen atoms in total. The predicted molar refractivity (Wildman–Crippen MR) is 104 cm³/mol. The number of hydrogen-bond donors (Lipinski definition) is 1. The van der Waals surface area contributed by atoms with Crippen molar-refractivity contribution in [2.24, 2.45) is 0 Å². The lowest BCUT2D eigenvalue weighted by Crippen LogP contribution is -2.31. The minimum absolute atomic E-state index is 0.225. The molecule has 0 unspecified atom stereocenters. The maximum Gasteiger partial charge on any atom is 0.261 e. The van der Waals surface area contributed by atoms with Gasteiger partial charge in [-0.3, -0.25) is 19.3 Å². The number of rotatable bonds is 7. The molecule has 0 saturated heterocycles. The first-order chi connectivity index (χ1) is 13.5. The van der Waals surface area contributed by atoms with Crippen LogP contribution in [0.25, 0.3) is 0 Å². The fourth-order valence-electron chi connectivity index (χ4n) is 2.95. The molecule has 0 radical (unpaired) electrons. The zero-order chi connectivity index (χ0) is 20.3. The zero-order valence-electron chi connectivity index (χ0n) is 15.5. The number of benzene rings is 2. The molecule has 3 amide bonds. The monoisotopic (exact) mass is 402 g/mol. The second-order valence-corrected chi connectivity index (χ2v) is 6.58. The van der Waals surface area contributed by atoms with Gasteiger partial charge in [-0.05, 0) is 42.8 Å². The molecule has 0 fully saturated rings. The Hall–Kier alpha value is -2.90. The average molecular weight is 403 g/mol. The molecular weight excluding hydrogens is 384 g/mol. The molecule has 0 aliphatic carbocycles. The lowest BCUT2D eigenvalue weighted by molar-refractivity contribution is 0.0638. The fraction of sp³-hybridized carbons (Fsp3) is 0.250. The minimum atomic E-state index is -0.415. The molecule has 1 N–H and O–H groups in total. The summed E-state index contributed by atoms with van der Waals surface area (Å²) < 4.78 is 10.0. The predicted octanol–water partition coefficient (Wildman–Crippen LogP) is 3.23. The van der Waals surface area contributed by atoms with E-state index in [1.807, 2.05) is 0 Å². The van der Waals surface area contributed by atoms with E-state index in [2.05, 4.69) is 5.32 Å². The Bertz CT molecular complexity index is 944. The lowest BCUT2D eigenvalue weighted by Gasteiger charge is -2.12. The summed E-state index contributed by atoms with van der Waals surface area (Å²) in [4.78, 5) is 38.7. The first kappa shape index (κ1) is 19.9. The van der Waals surface area contributed by atoms with Crippen LogP contribution in [0.1, 0.15) is 37.5 Å². The number of halogens is 1. The Labute approximate surface area is 167 Å². The summed E-state index contributed by atoms with van der Waals surface area (Å²) in [6.45, 7) is 0.720. The molecule has 2 aromatic carbocycles. The fourth-order valence-corrected chi connectivity index (χ4v) is 3.21. The van der Waals surface area contributed by atoms with Crippen LogP contribution in [-0.2, 0) is 4.74 Å². The summed E-state index contributed by atoms with van der Waals surface area (Å²) in [5.74, 6) is -0.680. The Morgan fingerprint density at radius 1 is 1.07 bits per heavy atom. The van der Waals surface area contributed by atoms with Gasteiger partial charge in [-0.25, -0.2) is 0 Å². The Kier molecular flexibility index (Phi) is 5.96. The third-order valence-electron chi connectivity index (χ3n) is 4.37.